The molecule has 0 aliphatic heterocycles. The Bertz CT molecular complexity index is 407. The highest BCUT2D eigenvalue weighted by atomic mass is 19.1. The van der Waals surface area contributed by atoms with Crippen molar-refractivity contribution in [2.45, 2.75) is 39.5 Å². The zero-order valence-corrected chi connectivity index (χ0v) is 11.1. The Morgan fingerprint density at radius 1 is 1.33 bits per heavy atom. The van der Waals surface area contributed by atoms with E-state index in [4.69, 9.17) is 4.74 Å². The number of nitriles is 1. The molecule has 0 saturated heterocycles. The van der Waals surface area contributed by atoms with Crippen LogP contribution in [0, 0.1) is 22.6 Å². The minimum Gasteiger partial charge on any atom is -0.493 e. The maximum Gasteiger partial charge on any atom is 0.126 e. The van der Waals surface area contributed by atoms with Gasteiger partial charge in [-0.15, -0.1) is 0 Å². The lowest BCUT2D eigenvalue weighted by atomic mass is 9.80. The Morgan fingerprint density at radius 3 is 2.61 bits per heavy atom. The van der Waals surface area contributed by atoms with Crippen LogP contribution in [-0.2, 0) is 0 Å². The van der Waals surface area contributed by atoms with Crippen LogP contribution in [0.4, 0.5) is 4.39 Å². The largest absolute Gasteiger partial charge is 0.493 e. The Kier molecular flexibility index (Phi) is 5.64. The second-order valence-electron chi connectivity index (χ2n) is 4.51. The molecule has 2 nitrogen and oxygen atoms in total. The van der Waals surface area contributed by atoms with E-state index in [-0.39, 0.29) is 11.2 Å². The van der Waals surface area contributed by atoms with E-state index in [2.05, 4.69) is 6.07 Å². The van der Waals surface area contributed by atoms with Gasteiger partial charge in [0.1, 0.15) is 11.6 Å². The molecule has 1 aromatic carbocycles. The van der Waals surface area contributed by atoms with Gasteiger partial charge in [-0.2, -0.15) is 5.26 Å². The molecule has 0 unspecified atom stereocenters. The molecule has 0 bridgehead atoms. The van der Waals surface area contributed by atoms with Gasteiger partial charge in [0.15, 0.2) is 0 Å². The van der Waals surface area contributed by atoms with E-state index in [9.17, 15) is 9.65 Å². The zero-order valence-electron chi connectivity index (χ0n) is 11.1. The topological polar surface area (TPSA) is 33.0 Å². The third-order valence-corrected chi connectivity index (χ3v) is 3.46. The predicted octanol–water partition coefficient (Wildman–Crippen LogP) is 4.31. The van der Waals surface area contributed by atoms with Crippen LogP contribution in [0.25, 0.3) is 0 Å². The van der Waals surface area contributed by atoms with Crippen LogP contribution < -0.4 is 4.74 Å². The first-order valence-corrected chi connectivity index (χ1v) is 6.45. The number of halogens is 1. The molecule has 98 valence electrons. The molecule has 1 aromatic rings. The minimum atomic E-state index is -0.291. The molecule has 0 spiro atoms. The normalized spacial score (nSPS) is 11.0. The van der Waals surface area contributed by atoms with Crippen molar-refractivity contribution in [1.82, 2.24) is 0 Å². The van der Waals surface area contributed by atoms with Gasteiger partial charge in [0, 0.05) is 6.07 Å². The lowest BCUT2D eigenvalue weighted by Crippen LogP contribution is -2.17. The predicted molar refractivity (Wildman–Crippen MR) is 69.8 cm³/mol. The highest BCUT2D eigenvalue weighted by Gasteiger charge is 2.24. The Labute approximate surface area is 108 Å². The molecule has 3 heteroatoms. The number of nitrogens with zero attached hydrogens (tertiary/aromatic N) is 1. The summed E-state index contributed by atoms with van der Waals surface area (Å²) in [5.74, 6) is 0.256. The van der Waals surface area contributed by atoms with E-state index >= 15 is 0 Å². The van der Waals surface area contributed by atoms with Crippen molar-refractivity contribution in [3.05, 3.63) is 30.1 Å². The molecule has 0 radical (unpaired) electrons. The van der Waals surface area contributed by atoms with E-state index < -0.39 is 0 Å². The quantitative estimate of drug-likeness (QED) is 0.674. The number of hydrogen-bond donors (Lipinski definition) is 0. The molecule has 0 aliphatic carbocycles. The first-order chi connectivity index (χ1) is 8.65. The molecule has 0 saturated carbocycles. The smallest absolute Gasteiger partial charge is 0.126 e. The standard InChI is InChI=1S/C15H20FNO/c1-3-15(4-2,12-17)9-6-10-18-14-8-5-7-13(16)11-14/h5,7-8,11H,3-4,6,9-10H2,1-2H3. The van der Waals surface area contributed by atoms with Gasteiger partial charge in [0.25, 0.3) is 0 Å². The number of rotatable bonds is 7. The maximum atomic E-state index is 12.9. The third-order valence-electron chi connectivity index (χ3n) is 3.46. The van der Waals surface area contributed by atoms with Crippen molar-refractivity contribution in [3.8, 4) is 11.8 Å². The number of ether oxygens (including phenoxy) is 1. The number of hydrogen-bond acceptors (Lipinski definition) is 2. The van der Waals surface area contributed by atoms with Gasteiger partial charge < -0.3 is 4.74 Å². The summed E-state index contributed by atoms with van der Waals surface area (Å²) >= 11 is 0. The van der Waals surface area contributed by atoms with Crippen molar-refractivity contribution >= 4 is 0 Å². The van der Waals surface area contributed by atoms with Gasteiger partial charge >= 0.3 is 0 Å². The maximum absolute atomic E-state index is 12.9. The first-order valence-electron chi connectivity index (χ1n) is 6.45. The molecule has 0 fully saturated rings. The van der Waals surface area contributed by atoms with E-state index in [1.54, 1.807) is 12.1 Å². The van der Waals surface area contributed by atoms with Gasteiger partial charge in [0.05, 0.1) is 18.1 Å². The lowest BCUT2D eigenvalue weighted by molar-refractivity contribution is 0.258. The summed E-state index contributed by atoms with van der Waals surface area (Å²) in [6.07, 6.45) is 3.36. The molecular formula is C15H20FNO. The van der Waals surface area contributed by atoms with Crippen molar-refractivity contribution < 1.29 is 9.13 Å². The van der Waals surface area contributed by atoms with Gasteiger partial charge in [-0.3, -0.25) is 0 Å². The summed E-state index contributed by atoms with van der Waals surface area (Å²) in [4.78, 5) is 0. The third kappa shape index (κ3) is 4.03. The zero-order chi connectivity index (χ0) is 13.4. The second kappa shape index (κ2) is 7.00. The van der Waals surface area contributed by atoms with Crippen LogP contribution in [0.1, 0.15) is 39.5 Å². The Balaban J connectivity index is 2.37. The Hall–Kier alpha value is -1.56. The number of benzene rings is 1. The molecule has 0 amide bonds. The summed E-state index contributed by atoms with van der Waals surface area (Å²) in [7, 11) is 0. The summed E-state index contributed by atoms with van der Waals surface area (Å²) < 4.78 is 18.4. The highest BCUT2D eigenvalue weighted by Crippen LogP contribution is 2.30. The summed E-state index contributed by atoms with van der Waals surface area (Å²) in [6.45, 7) is 4.60. The molecule has 0 atom stereocenters. The molecular weight excluding hydrogens is 229 g/mol. The second-order valence-corrected chi connectivity index (χ2v) is 4.51. The van der Waals surface area contributed by atoms with Crippen molar-refractivity contribution in [1.29, 1.82) is 5.26 Å². The van der Waals surface area contributed by atoms with Gasteiger partial charge in [-0.1, -0.05) is 19.9 Å². The fraction of sp³-hybridized carbons (Fsp3) is 0.533. The molecule has 0 aliphatic rings. The van der Waals surface area contributed by atoms with Gasteiger partial charge in [0.2, 0.25) is 0 Å². The first kappa shape index (κ1) is 14.5. The van der Waals surface area contributed by atoms with E-state index in [0.29, 0.717) is 12.4 Å². The lowest BCUT2D eigenvalue weighted by Gasteiger charge is -2.22. The SMILES string of the molecule is CCC(C#N)(CC)CCCOc1cccc(F)c1. The summed E-state index contributed by atoms with van der Waals surface area (Å²) in [5, 5.41) is 9.19. The average molecular weight is 249 g/mol. The molecule has 0 aromatic heterocycles. The van der Waals surface area contributed by atoms with Crippen molar-refractivity contribution in [3.63, 3.8) is 0 Å². The fourth-order valence-electron chi connectivity index (χ4n) is 1.97. The minimum absolute atomic E-state index is 0.231. The average Bonchev–Trinajstić information content (AvgIpc) is 2.40. The monoisotopic (exact) mass is 249 g/mol. The van der Waals surface area contributed by atoms with Gasteiger partial charge in [-0.05, 0) is 37.8 Å². The van der Waals surface area contributed by atoms with Crippen LogP contribution in [0.2, 0.25) is 0 Å². The fourth-order valence-corrected chi connectivity index (χ4v) is 1.97. The van der Waals surface area contributed by atoms with Crippen LogP contribution in [0.15, 0.2) is 24.3 Å². The van der Waals surface area contributed by atoms with Gasteiger partial charge in [-0.25, -0.2) is 4.39 Å². The van der Waals surface area contributed by atoms with Crippen LogP contribution in [0.5, 0.6) is 5.75 Å². The summed E-state index contributed by atoms with van der Waals surface area (Å²) in [5.41, 5.74) is -0.231. The summed E-state index contributed by atoms with van der Waals surface area (Å²) in [6, 6.07) is 8.53. The van der Waals surface area contributed by atoms with Crippen molar-refractivity contribution in [2.24, 2.45) is 5.41 Å². The molecule has 1 rings (SSSR count). The molecule has 0 heterocycles. The Morgan fingerprint density at radius 2 is 2.06 bits per heavy atom. The van der Waals surface area contributed by atoms with E-state index in [1.165, 1.54) is 12.1 Å². The van der Waals surface area contributed by atoms with Crippen molar-refractivity contribution in [2.75, 3.05) is 6.61 Å². The van der Waals surface area contributed by atoms with Crippen LogP contribution in [-0.4, -0.2) is 6.61 Å². The molecule has 0 N–H and O–H groups in total. The molecule has 18 heavy (non-hydrogen) atoms. The van der Waals surface area contributed by atoms with Crippen LogP contribution in [0.3, 0.4) is 0 Å². The van der Waals surface area contributed by atoms with E-state index in [1.807, 2.05) is 13.8 Å². The van der Waals surface area contributed by atoms with E-state index in [0.717, 1.165) is 25.7 Å². The highest BCUT2D eigenvalue weighted by molar-refractivity contribution is 5.22. The van der Waals surface area contributed by atoms with Crippen LogP contribution >= 0.6 is 0 Å².